The van der Waals surface area contributed by atoms with Crippen LogP contribution < -0.4 is 0 Å². The molecule has 0 saturated carbocycles. The van der Waals surface area contributed by atoms with Crippen LogP contribution in [-0.4, -0.2) is 37.6 Å². The highest BCUT2D eigenvalue weighted by atomic mass is 16.3. The molecular weight excluding hydrogens is 210 g/mol. The van der Waals surface area contributed by atoms with Gasteiger partial charge in [0.15, 0.2) is 5.78 Å². The van der Waals surface area contributed by atoms with Crippen molar-refractivity contribution in [1.29, 1.82) is 0 Å². The smallest absolute Gasteiger partial charge is 0.188 e. The van der Waals surface area contributed by atoms with Crippen LogP contribution in [0.4, 0.5) is 0 Å². The number of nitrogens with zero attached hydrogens (tertiary/aromatic N) is 3. The highest BCUT2D eigenvalue weighted by Crippen LogP contribution is 2.22. The average Bonchev–Trinajstić information content (AvgIpc) is 2.58. The zero-order chi connectivity index (χ0) is 12.3. The second kappa shape index (κ2) is 4.71. The number of hydrogen-bond acceptors (Lipinski definition) is 5. The van der Waals surface area contributed by atoms with Gasteiger partial charge in [-0.05, 0) is 0 Å². The maximum absolute atomic E-state index is 12.1. The first-order chi connectivity index (χ1) is 7.41. The summed E-state index contributed by atoms with van der Waals surface area (Å²) >= 11 is 0. The molecule has 1 rings (SSSR count). The van der Waals surface area contributed by atoms with Crippen molar-refractivity contribution in [3.05, 3.63) is 11.4 Å². The normalized spacial score (nSPS) is 11.8. The van der Waals surface area contributed by atoms with Gasteiger partial charge in [-0.2, -0.15) is 0 Å². The van der Waals surface area contributed by atoms with E-state index in [1.807, 2.05) is 0 Å². The van der Waals surface area contributed by atoms with Crippen molar-refractivity contribution < 1.29 is 15.0 Å². The lowest BCUT2D eigenvalue weighted by Crippen LogP contribution is -2.25. The fourth-order valence-corrected chi connectivity index (χ4v) is 1.31. The van der Waals surface area contributed by atoms with Crippen LogP contribution in [0.15, 0.2) is 0 Å². The van der Waals surface area contributed by atoms with E-state index in [4.69, 9.17) is 10.2 Å². The van der Waals surface area contributed by atoms with Gasteiger partial charge in [-0.15, -0.1) is 5.10 Å². The van der Waals surface area contributed by atoms with E-state index in [9.17, 15) is 4.79 Å². The molecule has 1 aromatic rings. The van der Waals surface area contributed by atoms with Gasteiger partial charge in [-0.25, -0.2) is 4.68 Å². The van der Waals surface area contributed by atoms with Crippen LogP contribution in [0.1, 0.15) is 37.0 Å². The minimum Gasteiger partial charge on any atom is -0.394 e. The molecule has 0 radical (unpaired) electrons. The van der Waals surface area contributed by atoms with E-state index in [0.717, 1.165) is 0 Å². The lowest BCUT2D eigenvalue weighted by molar-refractivity contribution is 0.0841. The minimum atomic E-state index is -0.571. The molecule has 1 aromatic heterocycles. The van der Waals surface area contributed by atoms with Crippen LogP contribution in [0, 0.1) is 5.41 Å². The van der Waals surface area contributed by atoms with Gasteiger partial charge in [0.05, 0.1) is 19.8 Å². The van der Waals surface area contributed by atoms with Gasteiger partial charge in [0.2, 0.25) is 0 Å². The van der Waals surface area contributed by atoms with Gasteiger partial charge in [0.1, 0.15) is 11.4 Å². The van der Waals surface area contributed by atoms with Crippen molar-refractivity contribution in [2.24, 2.45) is 5.41 Å². The SMILES string of the molecule is CC(C)(C)C(=O)c1c(CO)nnn1CCO. The highest BCUT2D eigenvalue weighted by Gasteiger charge is 2.29. The van der Waals surface area contributed by atoms with Gasteiger partial charge in [-0.1, -0.05) is 26.0 Å². The quantitative estimate of drug-likeness (QED) is 0.706. The molecule has 0 fully saturated rings. The van der Waals surface area contributed by atoms with Gasteiger partial charge >= 0.3 is 0 Å². The maximum atomic E-state index is 12.1. The van der Waals surface area contributed by atoms with E-state index in [-0.39, 0.29) is 36.9 Å². The summed E-state index contributed by atoms with van der Waals surface area (Å²) in [5, 5.41) is 25.4. The molecule has 16 heavy (non-hydrogen) atoms. The van der Waals surface area contributed by atoms with Crippen molar-refractivity contribution >= 4 is 5.78 Å². The Morgan fingerprint density at radius 1 is 1.38 bits per heavy atom. The second-order valence-corrected chi connectivity index (χ2v) is 4.57. The summed E-state index contributed by atoms with van der Waals surface area (Å²) in [6, 6.07) is 0. The van der Waals surface area contributed by atoms with E-state index in [2.05, 4.69) is 10.3 Å². The summed E-state index contributed by atoms with van der Waals surface area (Å²) in [7, 11) is 0. The molecule has 2 N–H and O–H groups in total. The van der Waals surface area contributed by atoms with Gasteiger partial charge in [0, 0.05) is 5.41 Å². The molecule has 6 nitrogen and oxygen atoms in total. The zero-order valence-electron chi connectivity index (χ0n) is 9.77. The van der Waals surface area contributed by atoms with Crippen LogP contribution >= 0.6 is 0 Å². The average molecular weight is 227 g/mol. The Morgan fingerprint density at radius 3 is 2.44 bits per heavy atom. The van der Waals surface area contributed by atoms with E-state index >= 15 is 0 Å². The van der Waals surface area contributed by atoms with Crippen molar-refractivity contribution in [3.63, 3.8) is 0 Å². The van der Waals surface area contributed by atoms with E-state index in [0.29, 0.717) is 0 Å². The molecule has 90 valence electrons. The molecule has 0 aliphatic rings. The summed E-state index contributed by atoms with van der Waals surface area (Å²) < 4.78 is 1.33. The van der Waals surface area contributed by atoms with Crippen LogP contribution in [0.25, 0.3) is 0 Å². The fourth-order valence-electron chi connectivity index (χ4n) is 1.31. The minimum absolute atomic E-state index is 0.126. The Labute approximate surface area is 93.9 Å². The second-order valence-electron chi connectivity index (χ2n) is 4.57. The molecule has 0 saturated heterocycles. The number of aliphatic hydroxyl groups excluding tert-OH is 2. The third kappa shape index (κ3) is 2.45. The topological polar surface area (TPSA) is 88.2 Å². The zero-order valence-corrected chi connectivity index (χ0v) is 9.77. The van der Waals surface area contributed by atoms with Crippen molar-refractivity contribution in [3.8, 4) is 0 Å². The summed E-state index contributed by atoms with van der Waals surface area (Å²) in [5.41, 5.74) is -0.0313. The van der Waals surface area contributed by atoms with E-state index in [1.165, 1.54) is 4.68 Å². The number of carbonyl (C=O) groups is 1. The maximum Gasteiger partial charge on any atom is 0.188 e. The van der Waals surface area contributed by atoms with Gasteiger partial charge in [-0.3, -0.25) is 4.79 Å². The molecule has 0 bridgehead atoms. The first-order valence-corrected chi connectivity index (χ1v) is 5.10. The molecular formula is C10H17N3O3. The third-order valence-corrected chi connectivity index (χ3v) is 2.16. The van der Waals surface area contributed by atoms with Crippen LogP contribution in [0.3, 0.4) is 0 Å². The molecule has 0 aliphatic carbocycles. The Morgan fingerprint density at radius 2 is 2.00 bits per heavy atom. The number of aliphatic hydroxyl groups is 2. The van der Waals surface area contributed by atoms with E-state index < -0.39 is 5.41 Å². The third-order valence-electron chi connectivity index (χ3n) is 2.16. The number of hydrogen-bond donors (Lipinski definition) is 2. The molecule has 0 amide bonds. The Kier molecular flexibility index (Phi) is 3.77. The largest absolute Gasteiger partial charge is 0.394 e. The number of carbonyl (C=O) groups excluding carboxylic acids is 1. The fraction of sp³-hybridized carbons (Fsp3) is 0.700. The molecule has 1 heterocycles. The summed E-state index contributed by atoms with van der Waals surface area (Å²) in [4.78, 5) is 12.1. The lowest BCUT2D eigenvalue weighted by Gasteiger charge is -2.17. The first kappa shape index (κ1) is 12.8. The Hall–Kier alpha value is -1.27. The predicted octanol–water partition coefficient (Wildman–Crippen LogP) is -0.00850. The Balaban J connectivity index is 3.18. The molecule has 0 spiro atoms. The van der Waals surface area contributed by atoms with Crippen LogP contribution in [-0.2, 0) is 13.2 Å². The van der Waals surface area contributed by atoms with Gasteiger partial charge < -0.3 is 10.2 Å². The number of rotatable bonds is 4. The predicted molar refractivity (Wildman–Crippen MR) is 56.8 cm³/mol. The molecule has 0 aromatic carbocycles. The summed E-state index contributed by atoms with van der Waals surface area (Å²) in [6.45, 7) is 5.09. The lowest BCUT2D eigenvalue weighted by atomic mass is 9.88. The molecule has 0 atom stereocenters. The van der Waals surface area contributed by atoms with Crippen LogP contribution in [0.5, 0.6) is 0 Å². The van der Waals surface area contributed by atoms with Crippen molar-refractivity contribution in [1.82, 2.24) is 15.0 Å². The molecule has 0 unspecified atom stereocenters. The summed E-state index contributed by atoms with van der Waals surface area (Å²) in [6.07, 6.45) is 0. The van der Waals surface area contributed by atoms with E-state index in [1.54, 1.807) is 20.8 Å². The van der Waals surface area contributed by atoms with Crippen LogP contribution in [0.2, 0.25) is 0 Å². The number of ketones is 1. The number of aromatic nitrogens is 3. The standard InChI is InChI=1S/C10H17N3O3/c1-10(2,3)9(16)8-7(6-15)11-12-13(8)4-5-14/h14-15H,4-6H2,1-3H3. The molecule has 0 aliphatic heterocycles. The Bertz CT molecular complexity index is 379. The van der Waals surface area contributed by atoms with Gasteiger partial charge in [0.25, 0.3) is 0 Å². The summed E-state index contributed by atoms with van der Waals surface area (Å²) in [5.74, 6) is -0.144. The molecule has 6 heteroatoms. The number of Topliss-reactive ketones (excluding diaryl/α,β-unsaturated/α-hetero) is 1. The van der Waals surface area contributed by atoms with Crippen molar-refractivity contribution in [2.75, 3.05) is 6.61 Å². The first-order valence-electron chi connectivity index (χ1n) is 5.10. The monoisotopic (exact) mass is 227 g/mol. The highest BCUT2D eigenvalue weighted by molar-refractivity contribution is 5.99. The van der Waals surface area contributed by atoms with Crippen molar-refractivity contribution in [2.45, 2.75) is 33.9 Å².